The number of hydrogen-bond acceptors (Lipinski definition) is 5. The third-order valence-electron chi connectivity index (χ3n) is 3.51. The van der Waals surface area contributed by atoms with Gasteiger partial charge in [0.15, 0.2) is 17.1 Å². The van der Waals surface area contributed by atoms with Gasteiger partial charge in [-0.15, -0.1) is 0 Å². The van der Waals surface area contributed by atoms with Gasteiger partial charge in [0.05, 0.1) is 17.8 Å². The molecule has 0 amide bonds. The van der Waals surface area contributed by atoms with Crippen LogP contribution in [-0.4, -0.2) is 33.5 Å². The predicted octanol–water partition coefficient (Wildman–Crippen LogP) is 3.20. The van der Waals surface area contributed by atoms with Crippen LogP contribution in [0.2, 0.25) is 0 Å². The van der Waals surface area contributed by atoms with Crippen LogP contribution in [-0.2, 0) is 7.05 Å². The molecule has 0 aliphatic carbocycles. The number of alkyl halides is 2. The first-order valence-electron chi connectivity index (χ1n) is 7.31. The van der Waals surface area contributed by atoms with Gasteiger partial charge in [-0.1, -0.05) is 6.08 Å². The number of ether oxygens (including phenoxy) is 2. The molecule has 0 spiro atoms. The van der Waals surface area contributed by atoms with Crippen LogP contribution in [0.25, 0.3) is 23.2 Å². The lowest BCUT2D eigenvalue weighted by Gasteiger charge is -2.12. The molecule has 0 fully saturated rings. The average molecular weight is 427 g/mol. The Balaban J connectivity index is 1.97. The second-order valence-corrected chi connectivity index (χ2v) is 6.06. The molecule has 0 aliphatic heterocycles. The number of rotatable bonds is 5. The average Bonchev–Trinajstić information content (AvgIpc) is 2.96. The molecule has 0 aliphatic rings. The number of hydrogen-bond donors (Lipinski definition) is 1. The summed E-state index contributed by atoms with van der Waals surface area (Å²) in [6.45, 7) is -2.97. The van der Waals surface area contributed by atoms with Crippen LogP contribution < -0.4 is 15.0 Å². The topological polar surface area (TPSA) is 82.0 Å². The minimum Gasteiger partial charge on any atom is -0.493 e. The summed E-state index contributed by atoms with van der Waals surface area (Å²) in [5.74, 6) is 0.374. The number of aromatic nitrogens is 4. The summed E-state index contributed by atoms with van der Waals surface area (Å²) in [7, 11) is 3.04. The van der Waals surface area contributed by atoms with Crippen molar-refractivity contribution in [3.63, 3.8) is 0 Å². The summed E-state index contributed by atoms with van der Waals surface area (Å²) >= 11 is 3.18. The van der Waals surface area contributed by atoms with E-state index in [0.717, 1.165) is 0 Å². The normalized spacial score (nSPS) is 11.6. The van der Waals surface area contributed by atoms with E-state index in [1.165, 1.54) is 24.1 Å². The molecular weight excluding hydrogens is 414 g/mol. The zero-order valence-electron chi connectivity index (χ0n) is 13.7. The van der Waals surface area contributed by atoms with E-state index in [2.05, 4.69) is 35.7 Å². The molecule has 0 saturated heterocycles. The van der Waals surface area contributed by atoms with E-state index in [-0.39, 0.29) is 17.1 Å². The van der Waals surface area contributed by atoms with E-state index in [1.807, 2.05) is 0 Å². The first kappa shape index (κ1) is 18.1. The Morgan fingerprint density at radius 2 is 2.12 bits per heavy atom. The minimum atomic E-state index is -2.97. The van der Waals surface area contributed by atoms with Gasteiger partial charge in [0, 0.05) is 7.05 Å². The van der Waals surface area contributed by atoms with Crippen LogP contribution in [0.4, 0.5) is 8.78 Å². The molecule has 0 atom stereocenters. The lowest BCUT2D eigenvalue weighted by Crippen LogP contribution is -2.09. The fourth-order valence-corrected chi connectivity index (χ4v) is 2.90. The summed E-state index contributed by atoms with van der Waals surface area (Å²) < 4.78 is 36.3. The number of H-pyrrole nitrogens is 1. The van der Waals surface area contributed by atoms with Crippen LogP contribution in [0.3, 0.4) is 0 Å². The smallest absolute Gasteiger partial charge is 0.387 e. The highest BCUT2D eigenvalue weighted by Crippen LogP contribution is 2.38. The van der Waals surface area contributed by atoms with E-state index in [4.69, 9.17) is 4.74 Å². The summed E-state index contributed by atoms with van der Waals surface area (Å²) in [5, 5.41) is 4.39. The first-order chi connectivity index (χ1) is 12.4. The number of halogens is 3. The van der Waals surface area contributed by atoms with Crippen LogP contribution in [0.1, 0.15) is 11.4 Å². The van der Waals surface area contributed by atoms with Crippen molar-refractivity contribution >= 4 is 39.1 Å². The van der Waals surface area contributed by atoms with Gasteiger partial charge in [0.1, 0.15) is 11.2 Å². The number of aryl methyl sites for hydroxylation is 1. The number of fused-ring (bicyclic) bond motifs is 1. The van der Waals surface area contributed by atoms with Crippen molar-refractivity contribution in [3.8, 4) is 11.5 Å². The third kappa shape index (κ3) is 3.59. The van der Waals surface area contributed by atoms with Crippen LogP contribution >= 0.6 is 15.9 Å². The third-order valence-corrected chi connectivity index (χ3v) is 4.10. The van der Waals surface area contributed by atoms with Gasteiger partial charge in [0.25, 0.3) is 5.56 Å². The number of methoxy groups -OCH3 is 1. The van der Waals surface area contributed by atoms with Gasteiger partial charge < -0.3 is 14.5 Å². The van der Waals surface area contributed by atoms with Crippen molar-refractivity contribution in [1.29, 1.82) is 0 Å². The molecule has 1 aromatic carbocycles. The van der Waals surface area contributed by atoms with Crippen molar-refractivity contribution in [2.24, 2.45) is 7.05 Å². The first-order valence-corrected chi connectivity index (χ1v) is 8.11. The van der Waals surface area contributed by atoms with Crippen molar-refractivity contribution in [3.05, 3.63) is 44.5 Å². The van der Waals surface area contributed by atoms with Gasteiger partial charge in [-0.2, -0.15) is 13.9 Å². The van der Waals surface area contributed by atoms with E-state index in [0.29, 0.717) is 26.9 Å². The van der Waals surface area contributed by atoms with E-state index in [1.54, 1.807) is 25.3 Å². The number of nitrogens with one attached hydrogen (secondary N) is 1. The van der Waals surface area contributed by atoms with Gasteiger partial charge in [-0.25, -0.2) is 4.98 Å². The van der Waals surface area contributed by atoms with Gasteiger partial charge in [-0.05, 0) is 39.7 Å². The highest BCUT2D eigenvalue weighted by atomic mass is 79.9. The summed E-state index contributed by atoms with van der Waals surface area (Å²) in [5.41, 5.74) is 0.776. The summed E-state index contributed by atoms with van der Waals surface area (Å²) in [4.78, 5) is 19.0. The molecule has 136 valence electrons. The molecule has 7 nitrogen and oxygen atoms in total. The molecular formula is C16H13BrF2N4O3. The van der Waals surface area contributed by atoms with Crippen LogP contribution in [0.5, 0.6) is 11.5 Å². The molecule has 3 rings (SSSR count). The number of benzene rings is 1. The maximum atomic E-state index is 12.5. The van der Waals surface area contributed by atoms with Crippen LogP contribution in [0, 0.1) is 0 Å². The van der Waals surface area contributed by atoms with Crippen LogP contribution in [0.15, 0.2) is 27.6 Å². The van der Waals surface area contributed by atoms with E-state index in [9.17, 15) is 13.6 Å². The van der Waals surface area contributed by atoms with Crippen molar-refractivity contribution in [1.82, 2.24) is 19.7 Å². The molecule has 0 bridgehead atoms. The Kier molecular flexibility index (Phi) is 5.03. The Morgan fingerprint density at radius 3 is 2.81 bits per heavy atom. The molecule has 10 heteroatoms. The molecule has 26 heavy (non-hydrogen) atoms. The molecule has 2 aromatic heterocycles. The second kappa shape index (κ2) is 7.24. The Bertz CT molecular complexity index is 1050. The van der Waals surface area contributed by atoms with E-state index < -0.39 is 6.61 Å². The standard InChI is InChI=1S/C16H13BrF2N4O3/c1-23-14-9(7-20-23)15(24)22-12(21-14)4-3-8-5-10(17)13(26-16(18)19)11(6-8)25-2/h3-7,16H,1-2H3,(H,21,22,24)/b4-3+. The molecule has 0 saturated carbocycles. The largest absolute Gasteiger partial charge is 0.493 e. The van der Waals surface area contributed by atoms with Gasteiger partial charge in [0.2, 0.25) is 0 Å². The Labute approximate surface area is 154 Å². The molecule has 2 heterocycles. The van der Waals surface area contributed by atoms with Crippen molar-refractivity contribution in [2.45, 2.75) is 6.61 Å². The highest BCUT2D eigenvalue weighted by molar-refractivity contribution is 9.10. The molecule has 0 radical (unpaired) electrons. The lowest BCUT2D eigenvalue weighted by atomic mass is 10.2. The quantitative estimate of drug-likeness (QED) is 0.677. The van der Waals surface area contributed by atoms with Gasteiger partial charge in [-0.3, -0.25) is 9.48 Å². The maximum Gasteiger partial charge on any atom is 0.387 e. The zero-order chi connectivity index (χ0) is 18.8. The number of aromatic amines is 1. The van der Waals surface area contributed by atoms with Crippen molar-refractivity contribution < 1.29 is 18.3 Å². The molecule has 1 N–H and O–H groups in total. The second-order valence-electron chi connectivity index (χ2n) is 5.20. The maximum absolute atomic E-state index is 12.5. The lowest BCUT2D eigenvalue weighted by molar-refractivity contribution is -0.0517. The van der Waals surface area contributed by atoms with Gasteiger partial charge >= 0.3 is 6.61 Å². The van der Waals surface area contributed by atoms with E-state index >= 15 is 0 Å². The Morgan fingerprint density at radius 1 is 1.35 bits per heavy atom. The molecule has 0 unspecified atom stereocenters. The summed E-state index contributed by atoms with van der Waals surface area (Å²) in [6, 6.07) is 3.11. The monoisotopic (exact) mass is 426 g/mol. The van der Waals surface area contributed by atoms with Crippen molar-refractivity contribution in [2.75, 3.05) is 7.11 Å². The predicted molar refractivity (Wildman–Crippen MR) is 95.4 cm³/mol. The fraction of sp³-hybridized carbons (Fsp3) is 0.188. The summed E-state index contributed by atoms with van der Waals surface area (Å²) in [6.07, 6.45) is 4.68. The zero-order valence-corrected chi connectivity index (χ0v) is 15.3. The number of nitrogens with zero attached hydrogens (tertiary/aromatic N) is 3. The Hall–Kier alpha value is -2.75. The molecule has 3 aromatic rings. The highest BCUT2D eigenvalue weighted by Gasteiger charge is 2.15. The minimum absolute atomic E-state index is 0.0949. The SMILES string of the molecule is COc1cc(/C=C/c2nc3c(cnn3C)c(=O)[nH]2)cc(Br)c1OC(F)F. The fourth-order valence-electron chi connectivity index (χ4n) is 2.34.